The molecule has 2 nitrogen and oxygen atoms in total. The Bertz CT molecular complexity index is 686. The van der Waals surface area contributed by atoms with E-state index in [-0.39, 0.29) is 12.5 Å². The summed E-state index contributed by atoms with van der Waals surface area (Å²) in [6, 6.07) is 11.0. The number of aliphatic hydroxyl groups is 1. The van der Waals surface area contributed by atoms with Crippen molar-refractivity contribution in [1.29, 1.82) is 0 Å². The van der Waals surface area contributed by atoms with Gasteiger partial charge in [0, 0.05) is 25.7 Å². The molecule has 0 bridgehead atoms. The summed E-state index contributed by atoms with van der Waals surface area (Å²) >= 11 is 0. The highest BCUT2D eigenvalue weighted by Crippen LogP contribution is 2.23. The van der Waals surface area contributed by atoms with Crippen LogP contribution in [0, 0.1) is 18.3 Å². The minimum absolute atomic E-state index is 0.215. The Hall–Kier alpha value is -1.90. The minimum Gasteiger partial charge on any atom is -0.396 e. The summed E-state index contributed by atoms with van der Waals surface area (Å²) in [5, 5.41) is 9.96. The molecule has 2 aliphatic rings. The highest BCUT2D eigenvalue weighted by Gasteiger charge is 2.27. The third-order valence-corrected chi connectivity index (χ3v) is 5.54. The molecule has 0 amide bonds. The zero-order chi connectivity index (χ0) is 18.9. The SMILES string of the molecule is CC(CO)C(Cc1ccccc1)N(CC1=CCCC=C1)CC1[CH]C=CC=C1. The lowest BCUT2D eigenvalue weighted by molar-refractivity contribution is 0.107. The summed E-state index contributed by atoms with van der Waals surface area (Å²) in [5.74, 6) is 0.647. The van der Waals surface area contributed by atoms with E-state index in [1.807, 2.05) is 0 Å². The van der Waals surface area contributed by atoms with Gasteiger partial charge in [0.15, 0.2) is 0 Å². The molecule has 1 aromatic rings. The molecule has 0 spiro atoms. The molecule has 1 aromatic carbocycles. The molecule has 0 aliphatic heterocycles. The van der Waals surface area contributed by atoms with Crippen molar-refractivity contribution in [2.24, 2.45) is 11.8 Å². The van der Waals surface area contributed by atoms with Crippen LogP contribution in [0.1, 0.15) is 25.3 Å². The topological polar surface area (TPSA) is 23.5 Å². The molecule has 3 unspecified atom stereocenters. The van der Waals surface area contributed by atoms with E-state index < -0.39 is 0 Å². The average Bonchev–Trinajstić information content (AvgIpc) is 2.73. The third kappa shape index (κ3) is 6.05. The van der Waals surface area contributed by atoms with Crippen LogP contribution >= 0.6 is 0 Å². The van der Waals surface area contributed by atoms with Gasteiger partial charge in [-0.05, 0) is 48.7 Å². The third-order valence-electron chi connectivity index (χ3n) is 5.54. The maximum absolute atomic E-state index is 9.96. The molecule has 2 aliphatic carbocycles. The zero-order valence-corrected chi connectivity index (χ0v) is 16.4. The van der Waals surface area contributed by atoms with E-state index in [0.29, 0.717) is 12.0 Å². The van der Waals surface area contributed by atoms with Crippen LogP contribution in [0.15, 0.2) is 78.4 Å². The number of nitrogens with zero attached hydrogens (tertiary/aromatic N) is 1. The van der Waals surface area contributed by atoms with Crippen molar-refractivity contribution < 1.29 is 5.11 Å². The van der Waals surface area contributed by atoms with E-state index in [1.165, 1.54) is 11.1 Å². The molecule has 0 saturated heterocycles. The van der Waals surface area contributed by atoms with Crippen LogP contribution in [0.4, 0.5) is 0 Å². The van der Waals surface area contributed by atoms with Crippen molar-refractivity contribution in [3.8, 4) is 0 Å². The molecule has 143 valence electrons. The Morgan fingerprint density at radius 1 is 1.11 bits per heavy atom. The van der Waals surface area contributed by atoms with Gasteiger partial charge < -0.3 is 5.11 Å². The van der Waals surface area contributed by atoms with Crippen LogP contribution in [-0.2, 0) is 6.42 Å². The summed E-state index contributed by atoms with van der Waals surface area (Å²) in [6.45, 7) is 4.31. The maximum Gasteiger partial charge on any atom is 0.0471 e. The van der Waals surface area contributed by atoms with Gasteiger partial charge in [0.25, 0.3) is 0 Å². The summed E-state index contributed by atoms with van der Waals surface area (Å²) in [5.41, 5.74) is 2.74. The smallest absolute Gasteiger partial charge is 0.0471 e. The number of aliphatic hydroxyl groups excluding tert-OH is 1. The summed E-state index contributed by atoms with van der Waals surface area (Å²) in [4.78, 5) is 2.58. The zero-order valence-electron chi connectivity index (χ0n) is 16.4. The van der Waals surface area contributed by atoms with Gasteiger partial charge in [0.2, 0.25) is 0 Å². The molecule has 2 heteroatoms. The summed E-state index contributed by atoms with van der Waals surface area (Å²) in [7, 11) is 0. The van der Waals surface area contributed by atoms with Gasteiger partial charge in [-0.25, -0.2) is 0 Å². The van der Waals surface area contributed by atoms with E-state index >= 15 is 0 Å². The van der Waals surface area contributed by atoms with Crippen molar-refractivity contribution >= 4 is 0 Å². The first-order chi connectivity index (χ1) is 13.3. The lowest BCUT2D eigenvalue weighted by Crippen LogP contribution is -2.45. The molecule has 1 N–H and O–H groups in total. The molecular formula is C25H32NO. The van der Waals surface area contributed by atoms with Gasteiger partial charge in [0.1, 0.15) is 0 Å². The second-order valence-electron chi connectivity index (χ2n) is 7.73. The van der Waals surface area contributed by atoms with Crippen LogP contribution in [-0.4, -0.2) is 35.7 Å². The lowest BCUT2D eigenvalue weighted by Gasteiger charge is -2.38. The van der Waals surface area contributed by atoms with Gasteiger partial charge in [-0.3, -0.25) is 4.90 Å². The molecule has 1 radical (unpaired) electrons. The highest BCUT2D eigenvalue weighted by molar-refractivity contribution is 5.25. The van der Waals surface area contributed by atoms with Crippen molar-refractivity contribution in [2.75, 3.05) is 19.7 Å². The van der Waals surface area contributed by atoms with Crippen LogP contribution in [0.2, 0.25) is 0 Å². The first-order valence-electron chi connectivity index (χ1n) is 10.2. The van der Waals surface area contributed by atoms with Crippen LogP contribution < -0.4 is 0 Å². The van der Waals surface area contributed by atoms with Crippen LogP contribution in [0.5, 0.6) is 0 Å². The van der Waals surface area contributed by atoms with Gasteiger partial charge in [-0.1, -0.05) is 79.8 Å². The predicted octanol–water partition coefficient (Wildman–Crippen LogP) is 4.75. The van der Waals surface area contributed by atoms with Gasteiger partial charge >= 0.3 is 0 Å². The van der Waals surface area contributed by atoms with Crippen LogP contribution in [0.3, 0.4) is 0 Å². The highest BCUT2D eigenvalue weighted by atomic mass is 16.3. The Labute approximate surface area is 164 Å². The molecule has 3 rings (SSSR count). The second-order valence-corrected chi connectivity index (χ2v) is 7.73. The van der Waals surface area contributed by atoms with E-state index in [9.17, 15) is 5.11 Å². The Balaban J connectivity index is 1.80. The first-order valence-corrected chi connectivity index (χ1v) is 10.2. The van der Waals surface area contributed by atoms with Gasteiger partial charge in [-0.15, -0.1) is 0 Å². The molecule has 0 saturated carbocycles. The predicted molar refractivity (Wildman–Crippen MR) is 114 cm³/mol. The lowest BCUT2D eigenvalue weighted by atomic mass is 9.91. The molecule has 0 aromatic heterocycles. The average molecular weight is 363 g/mol. The number of hydrogen-bond donors (Lipinski definition) is 1. The minimum atomic E-state index is 0.215. The number of allylic oxidation sites excluding steroid dienone is 5. The Morgan fingerprint density at radius 2 is 1.96 bits per heavy atom. The summed E-state index contributed by atoms with van der Waals surface area (Å²) < 4.78 is 0. The van der Waals surface area contributed by atoms with Crippen LogP contribution in [0.25, 0.3) is 0 Å². The number of benzene rings is 1. The summed E-state index contributed by atoms with van der Waals surface area (Å²) in [6.07, 6.45) is 21.1. The molecular weight excluding hydrogens is 330 g/mol. The molecule has 3 atom stereocenters. The normalized spacial score (nSPS) is 21.3. The molecule has 27 heavy (non-hydrogen) atoms. The van der Waals surface area contributed by atoms with Crippen molar-refractivity contribution in [3.05, 3.63) is 90.4 Å². The quantitative estimate of drug-likeness (QED) is 0.685. The van der Waals surface area contributed by atoms with E-state index in [0.717, 1.165) is 32.4 Å². The van der Waals surface area contributed by atoms with E-state index in [1.54, 1.807) is 0 Å². The van der Waals surface area contributed by atoms with Gasteiger partial charge in [0.05, 0.1) is 0 Å². The first kappa shape index (κ1) is 19.9. The Kier molecular flexibility index (Phi) is 7.67. The monoisotopic (exact) mass is 362 g/mol. The molecule has 0 heterocycles. The maximum atomic E-state index is 9.96. The molecule has 0 fully saturated rings. The second kappa shape index (κ2) is 10.4. The van der Waals surface area contributed by atoms with Crippen molar-refractivity contribution in [1.82, 2.24) is 4.90 Å². The van der Waals surface area contributed by atoms with E-state index in [2.05, 4.69) is 91.1 Å². The fourth-order valence-corrected chi connectivity index (χ4v) is 3.94. The number of rotatable bonds is 9. The van der Waals surface area contributed by atoms with Crippen molar-refractivity contribution in [3.63, 3.8) is 0 Å². The number of hydrogen-bond acceptors (Lipinski definition) is 2. The largest absolute Gasteiger partial charge is 0.396 e. The Morgan fingerprint density at radius 3 is 2.63 bits per heavy atom. The standard InChI is InChI=1S/C25H32NO/c1-21(20-27)25(17-22-11-5-2-6-12-22)26(18-23-13-7-3-8-14-23)19-24-15-9-4-10-16-24/h2-3,5-9,11-16,21,23,25,27H,4,10,17-20H2,1H3. The van der Waals surface area contributed by atoms with Crippen molar-refractivity contribution in [2.45, 2.75) is 32.2 Å². The fraction of sp³-hybridized carbons (Fsp3) is 0.400. The van der Waals surface area contributed by atoms with E-state index in [4.69, 9.17) is 0 Å². The fourth-order valence-electron chi connectivity index (χ4n) is 3.94. The van der Waals surface area contributed by atoms with Gasteiger partial charge in [-0.2, -0.15) is 0 Å².